The molecule has 132 valence electrons. The van der Waals surface area contributed by atoms with Crippen molar-refractivity contribution in [3.63, 3.8) is 0 Å². The third kappa shape index (κ3) is 2.30. The van der Waals surface area contributed by atoms with E-state index in [4.69, 9.17) is 34.9 Å². The van der Waals surface area contributed by atoms with Gasteiger partial charge in [0, 0.05) is 0 Å². The van der Waals surface area contributed by atoms with E-state index >= 15 is 0 Å². The first-order valence-electron chi connectivity index (χ1n) is 7.33. The Bertz CT molecular complexity index is 1090. The van der Waals surface area contributed by atoms with Gasteiger partial charge in [0.2, 0.25) is 0 Å². The fourth-order valence-corrected chi connectivity index (χ4v) is 3.71. The summed E-state index contributed by atoms with van der Waals surface area (Å²) in [5.41, 5.74) is 6.78. The Balaban J connectivity index is 2.11. The fraction of sp³-hybridized carbons (Fsp3) is 0.385. The topological polar surface area (TPSA) is 158 Å². The lowest BCUT2D eigenvalue weighted by molar-refractivity contribution is -0.0492. The van der Waals surface area contributed by atoms with E-state index in [0.717, 1.165) is 0 Å². The Labute approximate surface area is 149 Å². The molecule has 0 radical (unpaired) electrons. The van der Waals surface area contributed by atoms with Gasteiger partial charge in [0.1, 0.15) is 46.4 Å². The molecule has 10 nitrogen and oxygen atoms in total. The second-order valence-corrected chi connectivity index (χ2v) is 6.50. The van der Waals surface area contributed by atoms with Gasteiger partial charge in [-0.2, -0.15) is 0 Å². The van der Waals surface area contributed by atoms with Crippen molar-refractivity contribution >= 4 is 52.3 Å². The molecule has 1 saturated heterocycles. The second kappa shape index (κ2) is 5.79. The normalized spacial score (nSPS) is 26.7. The summed E-state index contributed by atoms with van der Waals surface area (Å²) in [5, 5.41) is 30.8. The van der Waals surface area contributed by atoms with Crippen LogP contribution >= 0.6 is 24.4 Å². The number of nitrogens with zero attached hydrogens (tertiary/aromatic N) is 3. The quantitative estimate of drug-likeness (QED) is 0.333. The van der Waals surface area contributed by atoms with Crippen LogP contribution in [0.15, 0.2) is 6.33 Å². The third-order valence-corrected chi connectivity index (χ3v) is 4.78. The zero-order chi connectivity index (χ0) is 17.9. The maximum atomic E-state index is 10.4. The van der Waals surface area contributed by atoms with Gasteiger partial charge in [-0.05, 0) is 12.2 Å². The minimum absolute atomic E-state index is 0.200. The van der Waals surface area contributed by atoms with Crippen molar-refractivity contribution < 1.29 is 20.1 Å². The molecule has 0 bridgehead atoms. The molecule has 0 spiro atoms. The highest BCUT2D eigenvalue weighted by molar-refractivity contribution is 7.72. The van der Waals surface area contributed by atoms with Crippen LogP contribution in [0.5, 0.6) is 0 Å². The molecule has 25 heavy (non-hydrogen) atoms. The third-order valence-electron chi connectivity index (χ3n) is 4.27. The van der Waals surface area contributed by atoms with Gasteiger partial charge in [0.05, 0.1) is 17.4 Å². The molecule has 4 atom stereocenters. The van der Waals surface area contributed by atoms with Crippen molar-refractivity contribution in [1.29, 1.82) is 0 Å². The van der Waals surface area contributed by atoms with E-state index in [-0.39, 0.29) is 10.6 Å². The monoisotopic (exact) mass is 382 g/mol. The number of hydrogen-bond acceptors (Lipinski definition) is 9. The van der Waals surface area contributed by atoms with Crippen LogP contribution in [0.3, 0.4) is 0 Å². The minimum Gasteiger partial charge on any atom is -0.394 e. The molecule has 3 aromatic heterocycles. The summed E-state index contributed by atoms with van der Waals surface area (Å²) < 4.78 is 7.74. The maximum absolute atomic E-state index is 10.4. The lowest BCUT2D eigenvalue weighted by Gasteiger charge is -2.18. The summed E-state index contributed by atoms with van der Waals surface area (Å²) >= 11 is 10.5. The number of aliphatic hydroxyl groups is 3. The Morgan fingerprint density at radius 1 is 1.20 bits per heavy atom. The van der Waals surface area contributed by atoms with Gasteiger partial charge in [-0.15, -0.1) is 0 Å². The van der Waals surface area contributed by atoms with Crippen LogP contribution in [-0.4, -0.2) is 64.7 Å². The van der Waals surface area contributed by atoms with E-state index in [2.05, 4.69) is 19.9 Å². The molecule has 7 N–H and O–H groups in total. The number of fused-ring (bicyclic) bond motifs is 3. The number of nitrogens with one attached hydrogen (secondary N) is 2. The van der Waals surface area contributed by atoms with Crippen molar-refractivity contribution in [1.82, 2.24) is 24.5 Å². The molecule has 0 aromatic carbocycles. The smallest absolute Gasteiger partial charge is 0.177 e. The van der Waals surface area contributed by atoms with Gasteiger partial charge in [-0.3, -0.25) is 4.57 Å². The number of aromatic nitrogens is 5. The second-order valence-electron chi connectivity index (χ2n) is 5.69. The minimum atomic E-state index is -1.30. The lowest BCUT2D eigenvalue weighted by Crippen LogP contribution is -2.33. The van der Waals surface area contributed by atoms with Crippen LogP contribution in [0, 0.1) is 9.41 Å². The SMILES string of the molecule is Nc1ncnc2c1c1c(=S)[nH]c(=S)[nH]c1n2C1O[C@H](CO)[C@@H](O)[C@H]1O. The van der Waals surface area contributed by atoms with Crippen LogP contribution in [0.1, 0.15) is 6.23 Å². The molecule has 12 heteroatoms. The molecular formula is C13H14N6O4S2. The Morgan fingerprint density at radius 3 is 2.64 bits per heavy atom. The molecule has 0 amide bonds. The number of anilines is 1. The van der Waals surface area contributed by atoms with E-state index in [1.165, 1.54) is 10.9 Å². The van der Waals surface area contributed by atoms with Crippen LogP contribution in [0.2, 0.25) is 0 Å². The predicted octanol–water partition coefficient (Wildman–Crippen LogP) is -0.107. The molecule has 1 aliphatic heterocycles. The zero-order valence-electron chi connectivity index (χ0n) is 12.6. The molecule has 0 aliphatic carbocycles. The summed E-state index contributed by atoms with van der Waals surface area (Å²) in [5.74, 6) is 0.200. The standard InChI is InChI=1S/C13H14N6O4S2/c14-8-4-5-10(17-13(25)18-11(5)24)19(9(4)16-2-15-8)12-7(22)6(21)3(1-20)23-12/h2-3,6-7,12,20-22H,1H2,(H2,14,15,16)(H2,17,18,24,25)/t3-,6-,7-,12?/m1/s1. The largest absolute Gasteiger partial charge is 0.394 e. The maximum Gasteiger partial charge on any atom is 0.177 e. The van der Waals surface area contributed by atoms with Crippen LogP contribution in [0.25, 0.3) is 22.1 Å². The number of rotatable bonds is 2. The van der Waals surface area contributed by atoms with Gasteiger partial charge in [0.15, 0.2) is 11.0 Å². The van der Waals surface area contributed by atoms with Gasteiger partial charge in [-0.1, -0.05) is 12.2 Å². The van der Waals surface area contributed by atoms with E-state index in [0.29, 0.717) is 26.7 Å². The number of ether oxygens (including phenoxy) is 1. The van der Waals surface area contributed by atoms with Gasteiger partial charge < -0.3 is 35.8 Å². The summed E-state index contributed by atoms with van der Waals surface area (Å²) in [6.07, 6.45) is -3.25. The van der Waals surface area contributed by atoms with E-state index in [1.54, 1.807) is 0 Å². The first-order chi connectivity index (χ1) is 11.9. The first kappa shape index (κ1) is 16.5. The average Bonchev–Trinajstić information content (AvgIpc) is 3.04. The number of H-pyrrole nitrogens is 2. The van der Waals surface area contributed by atoms with Crippen molar-refractivity contribution in [2.75, 3.05) is 12.3 Å². The molecule has 3 aromatic rings. The molecular weight excluding hydrogens is 368 g/mol. The Hall–Kier alpha value is -1.96. The number of nitrogen functional groups attached to an aromatic ring is 1. The summed E-state index contributed by atoms with van der Waals surface area (Å²) in [4.78, 5) is 14.0. The molecule has 0 saturated carbocycles. The number of aliphatic hydroxyl groups excluding tert-OH is 3. The highest BCUT2D eigenvalue weighted by Gasteiger charge is 2.44. The summed E-state index contributed by atoms with van der Waals surface area (Å²) in [7, 11) is 0. The van der Waals surface area contributed by atoms with E-state index in [9.17, 15) is 15.3 Å². The zero-order valence-corrected chi connectivity index (χ0v) is 14.2. The van der Waals surface area contributed by atoms with Crippen molar-refractivity contribution in [3.05, 3.63) is 15.7 Å². The highest BCUT2D eigenvalue weighted by Crippen LogP contribution is 2.37. The molecule has 1 fully saturated rings. The summed E-state index contributed by atoms with van der Waals surface area (Å²) in [6, 6.07) is 0. The van der Waals surface area contributed by atoms with Gasteiger partial charge >= 0.3 is 0 Å². The molecule has 4 rings (SSSR count). The van der Waals surface area contributed by atoms with Crippen molar-refractivity contribution in [2.45, 2.75) is 24.5 Å². The van der Waals surface area contributed by atoms with Crippen LogP contribution in [-0.2, 0) is 4.74 Å². The molecule has 1 aliphatic rings. The van der Waals surface area contributed by atoms with Gasteiger partial charge in [0.25, 0.3) is 0 Å². The van der Waals surface area contributed by atoms with E-state index < -0.39 is 31.1 Å². The van der Waals surface area contributed by atoms with Crippen molar-refractivity contribution in [2.24, 2.45) is 0 Å². The van der Waals surface area contributed by atoms with Crippen LogP contribution < -0.4 is 5.73 Å². The summed E-state index contributed by atoms with van der Waals surface area (Å²) in [6.45, 7) is -0.445. The Kier molecular flexibility index (Phi) is 3.82. The van der Waals surface area contributed by atoms with E-state index in [1.807, 2.05) is 0 Å². The predicted molar refractivity (Wildman–Crippen MR) is 92.8 cm³/mol. The first-order valence-corrected chi connectivity index (χ1v) is 8.14. The average molecular weight is 382 g/mol. The Morgan fingerprint density at radius 2 is 1.96 bits per heavy atom. The number of hydrogen-bond donors (Lipinski definition) is 6. The van der Waals surface area contributed by atoms with Gasteiger partial charge in [-0.25, -0.2) is 9.97 Å². The highest BCUT2D eigenvalue weighted by atomic mass is 32.1. The van der Waals surface area contributed by atoms with Crippen molar-refractivity contribution in [3.8, 4) is 0 Å². The fourth-order valence-electron chi connectivity index (χ4n) is 3.15. The molecule has 1 unspecified atom stereocenters. The lowest BCUT2D eigenvalue weighted by atomic mass is 10.1. The number of nitrogens with two attached hydrogens (primary N) is 1. The number of aromatic amines is 2. The van der Waals surface area contributed by atoms with Crippen LogP contribution in [0.4, 0.5) is 5.82 Å². The molecule has 4 heterocycles.